The number of hydrogen-bond donors (Lipinski definition) is 1. The largest absolute Gasteiger partial charge is 0.378 e. The Bertz CT molecular complexity index is 206. The summed E-state index contributed by atoms with van der Waals surface area (Å²) in [7, 11) is 0. The maximum Gasteiger partial charge on any atom is 0.244 e. The molecular formula is C8H17Cl2O4PS2. The normalized spacial score (nSPS) is 11.9. The number of alkyl halides is 2. The highest BCUT2D eigenvalue weighted by Gasteiger charge is 2.12. The Labute approximate surface area is 123 Å². The lowest BCUT2D eigenvalue weighted by molar-refractivity contribution is 0.0954. The van der Waals surface area contributed by atoms with E-state index in [0.29, 0.717) is 51.4 Å². The van der Waals surface area contributed by atoms with Crippen LogP contribution in [-0.2, 0) is 30.3 Å². The molecule has 0 aromatic rings. The van der Waals surface area contributed by atoms with Crippen LogP contribution in [0.15, 0.2) is 0 Å². The Hall–Kier alpha value is 1.42. The van der Waals surface area contributed by atoms with Gasteiger partial charge < -0.3 is 18.5 Å². The average Bonchev–Trinajstić information content (AvgIpc) is 2.28. The lowest BCUT2D eigenvalue weighted by Crippen LogP contribution is -2.07. The highest BCUT2D eigenvalue weighted by atomic mass is 35.5. The fraction of sp³-hybridized carbons (Fsp3) is 1.00. The molecule has 0 aromatic carbocycles. The first-order chi connectivity index (χ1) is 8.12. The van der Waals surface area contributed by atoms with Gasteiger partial charge in [0.2, 0.25) is 5.69 Å². The smallest absolute Gasteiger partial charge is 0.244 e. The van der Waals surface area contributed by atoms with E-state index in [9.17, 15) is 0 Å². The van der Waals surface area contributed by atoms with Crippen LogP contribution in [-0.4, -0.2) is 51.4 Å². The zero-order valence-corrected chi connectivity index (χ0v) is 13.5. The van der Waals surface area contributed by atoms with Crippen LogP contribution < -0.4 is 0 Å². The molecule has 17 heavy (non-hydrogen) atoms. The van der Waals surface area contributed by atoms with Gasteiger partial charge in [-0.3, -0.25) is 0 Å². The van der Waals surface area contributed by atoms with E-state index in [-0.39, 0.29) is 0 Å². The standard InChI is InChI=1S/C8H17Cl2O4PS2/c9-1-3-11-5-7-13-15(16,17)14-8-6-12-4-2-10/h1-8H2,(H,16,17). The van der Waals surface area contributed by atoms with Crippen molar-refractivity contribution in [2.24, 2.45) is 0 Å². The highest BCUT2D eigenvalue weighted by Crippen LogP contribution is 2.53. The molecule has 0 atom stereocenters. The van der Waals surface area contributed by atoms with Crippen molar-refractivity contribution >= 4 is 53.0 Å². The van der Waals surface area contributed by atoms with Gasteiger partial charge in [-0.05, 0) is 11.8 Å². The molecule has 0 bridgehead atoms. The Morgan fingerprint density at radius 2 is 1.24 bits per heavy atom. The molecule has 0 amide bonds. The van der Waals surface area contributed by atoms with Crippen molar-refractivity contribution < 1.29 is 18.5 Å². The van der Waals surface area contributed by atoms with E-state index in [1.54, 1.807) is 0 Å². The second-order valence-electron chi connectivity index (χ2n) is 2.74. The van der Waals surface area contributed by atoms with E-state index in [0.717, 1.165) is 0 Å². The Morgan fingerprint density at radius 1 is 0.824 bits per heavy atom. The first-order valence-corrected chi connectivity index (χ1v) is 9.87. The van der Waals surface area contributed by atoms with Crippen LogP contribution in [0, 0.1) is 0 Å². The minimum Gasteiger partial charge on any atom is -0.378 e. The monoisotopic (exact) mass is 342 g/mol. The number of rotatable bonds is 12. The third-order valence-corrected chi connectivity index (χ3v) is 4.06. The molecule has 0 aromatic heterocycles. The lowest BCUT2D eigenvalue weighted by atomic mass is 10.7. The van der Waals surface area contributed by atoms with Crippen molar-refractivity contribution in [1.82, 2.24) is 0 Å². The molecule has 9 heteroatoms. The first-order valence-electron chi connectivity index (χ1n) is 5.01. The molecule has 0 radical (unpaired) electrons. The summed E-state index contributed by atoms with van der Waals surface area (Å²) in [6, 6.07) is 0. The molecule has 4 nitrogen and oxygen atoms in total. The number of halogens is 2. The molecule has 0 fully saturated rings. The Kier molecular flexibility index (Phi) is 13.5. The molecule has 0 saturated heterocycles. The summed E-state index contributed by atoms with van der Waals surface area (Å²) in [5, 5.41) is 0. The topological polar surface area (TPSA) is 36.9 Å². The minimum absolute atomic E-state index is 0.347. The van der Waals surface area contributed by atoms with E-state index < -0.39 is 5.69 Å². The summed E-state index contributed by atoms with van der Waals surface area (Å²) < 4.78 is 20.8. The Morgan fingerprint density at radius 3 is 1.59 bits per heavy atom. The number of thiol groups is 1. The van der Waals surface area contributed by atoms with Gasteiger partial charge in [-0.25, -0.2) is 0 Å². The SMILES string of the molecule is S=P(S)(OCCOCCCl)OCCOCCCl. The zero-order valence-electron chi connectivity index (χ0n) is 9.35. The fourth-order valence-corrected chi connectivity index (χ4v) is 2.61. The molecular weight excluding hydrogens is 326 g/mol. The van der Waals surface area contributed by atoms with Crippen LogP contribution in [0.5, 0.6) is 0 Å². The number of ether oxygens (including phenoxy) is 2. The van der Waals surface area contributed by atoms with Gasteiger partial charge >= 0.3 is 0 Å². The number of hydrogen-bond acceptors (Lipinski definition) is 5. The molecule has 0 spiro atoms. The summed E-state index contributed by atoms with van der Waals surface area (Å²) in [6.45, 7) is 2.54. The van der Waals surface area contributed by atoms with Crippen LogP contribution in [0.4, 0.5) is 0 Å². The summed E-state index contributed by atoms with van der Waals surface area (Å²) in [4.78, 5) is 0. The van der Waals surface area contributed by atoms with E-state index in [1.807, 2.05) is 0 Å². The van der Waals surface area contributed by atoms with Crippen LogP contribution in [0.3, 0.4) is 0 Å². The Balaban J connectivity index is 3.42. The first kappa shape index (κ1) is 18.4. The van der Waals surface area contributed by atoms with Gasteiger partial charge in [0.05, 0.1) is 39.6 Å². The van der Waals surface area contributed by atoms with Gasteiger partial charge in [0.15, 0.2) is 0 Å². The molecule has 0 N–H and O–H groups in total. The average molecular weight is 343 g/mol. The predicted octanol–water partition coefficient (Wildman–Crippen LogP) is 2.68. The lowest BCUT2D eigenvalue weighted by Gasteiger charge is -2.16. The summed E-state index contributed by atoms with van der Waals surface area (Å²) in [6.07, 6.45) is 0. The second kappa shape index (κ2) is 12.5. The maximum absolute atomic E-state index is 5.44. The van der Waals surface area contributed by atoms with Crippen LogP contribution in [0.25, 0.3) is 0 Å². The van der Waals surface area contributed by atoms with Gasteiger partial charge in [-0.1, -0.05) is 12.2 Å². The molecule has 0 aliphatic carbocycles. The van der Waals surface area contributed by atoms with E-state index in [1.165, 1.54) is 0 Å². The molecule has 0 saturated carbocycles. The van der Waals surface area contributed by atoms with E-state index in [4.69, 9.17) is 53.5 Å². The van der Waals surface area contributed by atoms with Crippen molar-refractivity contribution in [1.29, 1.82) is 0 Å². The van der Waals surface area contributed by atoms with Crippen LogP contribution in [0.1, 0.15) is 0 Å². The third-order valence-electron chi connectivity index (χ3n) is 1.41. The summed E-state index contributed by atoms with van der Waals surface area (Å²) >= 11 is 20.1. The van der Waals surface area contributed by atoms with Crippen LogP contribution in [0.2, 0.25) is 0 Å². The van der Waals surface area contributed by atoms with Gasteiger partial charge in [0.1, 0.15) is 0 Å². The fourth-order valence-electron chi connectivity index (χ4n) is 0.774. The quantitative estimate of drug-likeness (QED) is 0.255. The molecule has 0 aliphatic rings. The molecule has 104 valence electrons. The zero-order chi connectivity index (χ0) is 13.0. The molecule has 0 rings (SSSR count). The summed E-state index contributed by atoms with van der Waals surface area (Å²) in [5.41, 5.74) is -2.49. The summed E-state index contributed by atoms with van der Waals surface area (Å²) in [5.74, 6) is 0.924. The van der Waals surface area contributed by atoms with Crippen molar-refractivity contribution in [3.05, 3.63) is 0 Å². The molecule has 0 heterocycles. The van der Waals surface area contributed by atoms with E-state index >= 15 is 0 Å². The van der Waals surface area contributed by atoms with Crippen molar-refractivity contribution in [2.75, 3.05) is 51.4 Å². The van der Waals surface area contributed by atoms with Crippen molar-refractivity contribution in [3.63, 3.8) is 0 Å². The van der Waals surface area contributed by atoms with Crippen molar-refractivity contribution in [3.8, 4) is 0 Å². The maximum atomic E-state index is 5.44. The van der Waals surface area contributed by atoms with Crippen LogP contribution >= 0.6 is 41.1 Å². The predicted molar refractivity (Wildman–Crippen MR) is 78.3 cm³/mol. The third kappa shape index (κ3) is 13.6. The van der Waals surface area contributed by atoms with Gasteiger partial charge in [-0.15, -0.1) is 23.2 Å². The van der Waals surface area contributed by atoms with Gasteiger partial charge in [-0.2, -0.15) is 0 Å². The molecule has 0 aliphatic heterocycles. The second-order valence-corrected chi connectivity index (χ2v) is 8.78. The van der Waals surface area contributed by atoms with E-state index in [2.05, 4.69) is 12.2 Å². The minimum atomic E-state index is -2.49. The van der Waals surface area contributed by atoms with Crippen molar-refractivity contribution in [2.45, 2.75) is 0 Å². The van der Waals surface area contributed by atoms with Gasteiger partial charge in [0.25, 0.3) is 0 Å². The highest BCUT2D eigenvalue weighted by molar-refractivity contribution is 8.60. The molecule has 0 unspecified atom stereocenters. The van der Waals surface area contributed by atoms with Gasteiger partial charge in [0, 0.05) is 11.8 Å².